The van der Waals surface area contributed by atoms with Crippen molar-refractivity contribution in [1.29, 1.82) is 0 Å². The SMILES string of the molecule is CC(C)SCc1noc(N)n1. The summed E-state index contributed by atoms with van der Waals surface area (Å²) in [7, 11) is 0. The van der Waals surface area contributed by atoms with Crippen LogP contribution in [0.3, 0.4) is 0 Å². The summed E-state index contributed by atoms with van der Waals surface area (Å²) in [6.07, 6.45) is 0. The second-order valence-electron chi connectivity index (χ2n) is 2.41. The zero-order chi connectivity index (χ0) is 8.27. The number of thioether (sulfide) groups is 1. The van der Waals surface area contributed by atoms with E-state index in [1.54, 1.807) is 11.8 Å². The first kappa shape index (κ1) is 8.39. The van der Waals surface area contributed by atoms with Crippen molar-refractivity contribution < 1.29 is 4.52 Å². The first-order valence-corrected chi connectivity index (χ1v) is 4.43. The van der Waals surface area contributed by atoms with Crippen LogP contribution in [-0.2, 0) is 5.75 Å². The molecule has 0 aliphatic heterocycles. The smallest absolute Gasteiger partial charge is 0.318 e. The van der Waals surface area contributed by atoms with E-state index in [4.69, 9.17) is 5.73 Å². The number of rotatable bonds is 3. The van der Waals surface area contributed by atoms with Gasteiger partial charge in [-0.1, -0.05) is 19.0 Å². The summed E-state index contributed by atoms with van der Waals surface area (Å²) in [5, 5.41) is 4.23. The standard InChI is InChI=1S/C6H11N3OS/c1-4(2)11-3-5-8-6(7)10-9-5/h4H,3H2,1-2H3,(H2,7,8,9). The largest absolute Gasteiger partial charge is 0.351 e. The van der Waals surface area contributed by atoms with Gasteiger partial charge < -0.3 is 10.3 Å². The number of anilines is 1. The van der Waals surface area contributed by atoms with E-state index in [2.05, 4.69) is 28.5 Å². The molecule has 0 aromatic carbocycles. The Bertz CT molecular complexity index is 223. The molecule has 11 heavy (non-hydrogen) atoms. The third-order valence-corrected chi connectivity index (χ3v) is 2.12. The highest BCUT2D eigenvalue weighted by atomic mass is 32.2. The molecule has 0 radical (unpaired) electrons. The van der Waals surface area contributed by atoms with Gasteiger partial charge in [-0.05, 0) is 5.25 Å². The van der Waals surface area contributed by atoms with Crippen molar-refractivity contribution in [1.82, 2.24) is 10.1 Å². The molecule has 0 spiro atoms. The molecule has 4 nitrogen and oxygen atoms in total. The lowest BCUT2D eigenvalue weighted by atomic mass is 10.6. The van der Waals surface area contributed by atoms with Crippen LogP contribution in [0.25, 0.3) is 0 Å². The van der Waals surface area contributed by atoms with E-state index in [1.807, 2.05) is 0 Å². The molecule has 62 valence electrons. The minimum atomic E-state index is 0.143. The second-order valence-corrected chi connectivity index (χ2v) is 3.97. The summed E-state index contributed by atoms with van der Waals surface area (Å²) in [4.78, 5) is 3.86. The molecule has 0 amide bonds. The van der Waals surface area contributed by atoms with Gasteiger partial charge in [0.05, 0.1) is 5.75 Å². The minimum absolute atomic E-state index is 0.143. The number of hydrogen-bond donors (Lipinski definition) is 1. The number of nitrogens with zero attached hydrogens (tertiary/aromatic N) is 2. The molecule has 0 bridgehead atoms. The molecular formula is C6H11N3OS. The van der Waals surface area contributed by atoms with Crippen molar-refractivity contribution >= 4 is 17.8 Å². The van der Waals surface area contributed by atoms with Crippen LogP contribution < -0.4 is 5.73 Å². The van der Waals surface area contributed by atoms with E-state index in [9.17, 15) is 0 Å². The topological polar surface area (TPSA) is 64.9 Å². The molecule has 1 aromatic heterocycles. The van der Waals surface area contributed by atoms with Crippen molar-refractivity contribution in [2.75, 3.05) is 5.73 Å². The highest BCUT2D eigenvalue weighted by Crippen LogP contribution is 2.14. The van der Waals surface area contributed by atoms with Gasteiger partial charge in [0.15, 0.2) is 5.82 Å². The third-order valence-electron chi connectivity index (χ3n) is 1.03. The van der Waals surface area contributed by atoms with E-state index in [0.29, 0.717) is 11.1 Å². The Balaban J connectivity index is 2.39. The molecule has 0 aliphatic rings. The quantitative estimate of drug-likeness (QED) is 0.746. The van der Waals surface area contributed by atoms with Crippen molar-refractivity contribution in [3.05, 3.63) is 5.82 Å². The fraction of sp³-hybridized carbons (Fsp3) is 0.667. The minimum Gasteiger partial charge on any atom is -0.351 e. The van der Waals surface area contributed by atoms with Crippen molar-refractivity contribution in [2.45, 2.75) is 24.9 Å². The van der Waals surface area contributed by atoms with Crippen LogP contribution >= 0.6 is 11.8 Å². The van der Waals surface area contributed by atoms with Crippen LogP contribution in [0.2, 0.25) is 0 Å². The van der Waals surface area contributed by atoms with Gasteiger partial charge in [0.1, 0.15) is 0 Å². The lowest BCUT2D eigenvalue weighted by Gasteiger charge is -1.98. The van der Waals surface area contributed by atoms with Gasteiger partial charge >= 0.3 is 6.01 Å². The molecule has 1 aromatic rings. The summed E-state index contributed by atoms with van der Waals surface area (Å²) in [6.45, 7) is 4.24. The van der Waals surface area contributed by atoms with E-state index in [0.717, 1.165) is 5.75 Å². The predicted octanol–water partition coefficient (Wildman–Crippen LogP) is 1.29. The van der Waals surface area contributed by atoms with Crippen LogP contribution in [0.4, 0.5) is 6.01 Å². The van der Waals surface area contributed by atoms with Crippen molar-refractivity contribution in [2.24, 2.45) is 0 Å². The fourth-order valence-electron chi connectivity index (χ4n) is 0.567. The maximum absolute atomic E-state index is 5.24. The predicted molar refractivity (Wildman–Crippen MR) is 45.1 cm³/mol. The van der Waals surface area contributed by atoms with Gasteiger partial charge in [-0.2, -0.15) is 16.7 Å². The number of nitrogen functional groups attached to an aromatic ring is 1. The lowest BCUT2D eigenvalue weighted by Crippen LogP contribution is -1.91. The summed E-state index contributed by atoms with van der Waals surface area (Å²) in [5.74, 6) is 1.43. The zero-order valence-electron chi connectivity index (χ0n) is 6.57. The summed E-state index contributed by atoms with van der Waals surface area (Å²) in [6, 6.07) is 0.143. The Kier molecular flexibility index (Phi) is 2.76. The molecule has 0 saturated carbocycles. The van der Waals surface area contributed by atoms with Gasteiger partial charge in [-0.25, -0.2) is 0 Å². The van der Waals surface area contributed by atoms with Crippen LogP contribution in [0, 0.1) is 0 Å². The molecule has 2 N–H and O–H groups in total. The Hall–Kier alpha value is -0.710. The summed E-state index contributed by atoms with van der Waals surface area (Å²) >= 11 is 1.76. The summed E-state index contributed by atoms with van der Waals surface area (Å²) < 4.78 is 4.60. The van der Waals surface area contributed by atoms with Crippen LogP contribution in [0.15, 0.2) is 4.52 Å². The molecule has 0 saturated heterocycles. The molecular weight excluding hydrogens is 162 g/mol. The molecule has 0 fully saturated rings. The van der Waals surface area contributed by atoms with Gasteiger partial charge in [0, 0.05) is 0 Å². The molecule has 0 aliphatic carbocycles. The third kappa shape index (κ3) is 2.80. The highest BCUT2D eigenvalue weighted by Gasteiger charge is 2.03. The maximum atomic E-state index is 5.24. The van der Waals surface area contributed by atoms with Crippen LogP contribution in [0.5, 0.6) is 0 Å². The lowest BCUT2D eigenvalue weighted by molar-refractivity contribution is 0.429. The Labute approximate surface area is 69.5 Å². The van der Waals surface area contributed by atoms with E-state index >= 15 is 0 Å². The normalized spacial score (nSPS) is 10.8. The van der Waals surface area contributed by atoms with Gasteiger partial charge in [-0.3, -0.25) is 0 Å². The molecule has 0 atom stereocenters. The average Bonchev–Trinajstić information content (AvgIpc) is 2.31. The number of nitrogens with two attached hydrogens (primary N) is 1. The van der Waals surface area contributed by atoms with Gasteiger partial charge in [0.2, 0.25) is 0 Å². The Morgan fingerprint density at radius 1 is 1.64 bits per heavy atom. The van der Waals surface area contributed by atoms with E-state index in [1.165, 1.54) is 0 Å². The average molecular weight is 173 g/mol. The summed E-state index contributed by atoms with van der Waals surface area (Å²) in [5.41, 5.74) is 5.24. The van der Waals surface area contributed by atoms with Crippen LogP contribution in [-0.4, -0.2) is 15.4 Å². The Morgan fingerprint density at radius 3 is 2.82 bits per heavy atom. The monoisotopic (exact) mass is 173 g/mol. The van der Waals surface area contributed by atoms with E-state index in [-0.39, 0.29) is 6.01 Å². The molecule has 5 heteroatoms. The van der Waals surface area contributed by atoms with Gasteiger partial charge in [0.25, 0.3) is 0 Å². The van der Waals surface area contributed by atoms with E-state index < -0.39 is 0 Å². The maximum Gasteiger partial charge on any atom is 0.318 e. The molecule has 1 rings (SSSR count). The zero-order valence-corrected chi connectivity index (χ0v) is 7.39. The second kappa shape index (κ2) is 3.61. The van der Waals surface area contributed by atoms with Crippen molar-refractivity contribution in [3.63, 3.8) is 0 Å². The first-order chi connectivity index (χ1) is 5.18. The van der Waals surface area contributed by atoms with Gasteiger partial charge in [-0.15, -0.1) is 0 Å². The molecule has 0 unspecified atom stereocenters. The van der Waals surface area contributed by atoms with Crippen molar-refractivity contribution in [3.8, 4) is 0 Å². The Morgan fingerprint density at radius 2 is 2.36 bits per heavy atom. The first-order valence-electron chi connectivity index (χ1n) is 3.38. The molecule has 1 heterocycles. The number of aromatic nitrogens is 2. The highest BCUT2D eigenvalue weighted by molar-refractivity contribution is 7.99. The number of hydrogen-bond acceptors (Lipinski definition) is 5. The van der Waals surface area contributed by atoms with Crippen LogP contribution in [0.1, 0.15) is 19.7 Å². The fourth-order valence-corrected chi connectivity index (χ4v) is 1.17.